The fourth-order valence-electron chi connectivity index (χ4n) is 1.42. The third-order valence-corrected chi connectivity index (χ3v) is 2.35. The van der Waals surface area contributed by atoms with Gasteiger partial charge < -0.3 is 20.3 Å². The first-order valence-corrected chi connectivity index (χ1v) is 5.51. The zero-order chi connectivity index (χ0) is 13.7. The Bertz CT molecular complexity index is 480. The van der Waals surface area contributed by atoms with Crippen LogP contribution in [0.15, 0.2) is 17.7 Å². The van der Waals surface area contributed by atoms with E-state index in [1.165, 1.54) is 19.3 Å². The number of ether oxygens (including phenoxy) is 2. The lowest BCUT2D eigenvalue weighted by Gasteiger charge is -2.08. The van der Waals surface area contributed by atoms with Crippen LogP contribution >= 0.6 is 0 Å². The minimum absolute atomic E-state index is 0.0838. The number of rotatable bonds is 4. The highest BCUT2D eigenvalue weighted by molar-refractivity contribution is 5.94. The van der Waals surface area contributed by atoms with Crippen molar-refractivity contribution in [3.05, 3.63) is 23.3 Å². The molecule has 0 spiro atoms. The molecule has 0 fully saturated rings. The van der Waals surface area contributed by atoms with Gasteiger partial charge in [-0.15, -0.1) is 0 Å². The minimum atomic E-state index is -0.432. The highest BCUT2D eigenvalue weighted by Crippen LogP contribution is 2.32. The first kappa shape index (κ1) is 13.9. The van der Waals surface area contributed by atoms with Crippen molar-refractivity contribution < 1.29 is 19.4 Å². The van der Waals surface area contributed by atoms with E-state index in [0.29, 0.717) is 23.5 Å². The number of aromatic hydroxyl groups is 1. The maximum atomic E-state index is 11.5. The minimum Gasteiger partial charge on any atom is -0.505 e. The van der Waals surface area contributed by atoms with Crippen LogP contribution in [0.3, 0.4) is 0 Å². The molecule has 0 radical (unpaired) electrons. The molecule has 0 unspecified atom stereocenters. The van der Waals surface area contributed by atoms with Crippen LogP contribution < -0.4 is 10.5 Å². The number of esters is 1. The predicted octanol–water partition coefficient (Wildman–Crippen LogP) is 1.95. The number of carbonyl (C=O) groups excluding carboxylic acids is 1. The topological polar surface area (TPSA) is 81.8 Å². The van der Waals surface area contributed by atoms with Crippen LogP contribution in [0.1, 0.15) is 19.4 Å². The summed E-state index contributed by atoms with van der Waals surface area (Å²) in [6, 6.07) is 3.10. The molecule has 0 aliphatic rings. The van der Waals surface area contributed by atoms with E-state index in [1.807, 2.05) is 0 Å². The molecular formula is C13H17NO4. The second-order valence-electron chi connectivity index (χ2n) is 3.70. The molecule has 0 amide bonds. The van der Waals surface area contributed by atoms with Crippen LogP contribution in [0.2, 0.25) is 0 Å². The number of hydrogen-bond acceptors (Lipinski definition) is 5. The van der Waals surface area contributed by atoms with Gasteiger partial charge in [-0.3, -0.25) is 0 Å². The zero-order valence-corrected chi connectivity index (χ0v) is 10.7. The fourth-order valence-corrected chi connectivity index (χ4v) is 1.42. The number of carbonyl (C=O) groups is 1. The van der Waals surface area contributed by atoms with Gasteiger partial charge in [0.2, 0.25) is 0 Å². The van der Waals surface area contributed by atoms with Crippen molar-refractivity contribution in [1.29, 1.82) is 0 Å². The number of methoxy groups -OCH3 is 1. The quantitative estimate of drug-likeness (QED) is 0.370. The Labute approximate surface area is 106 Å². The summed E-state index contributed by atoms with van der Waals surface area (Å²) >= 11 is 0. The molecule has 5 nitrogen and oxygen atoms in total. The maximum absolute atomic E-state index is 11.5. The number of phenolic OH excluding ortho intramolecular Hbond substituents is 1. The Morgan fingerprint density at radius 1 is 1.50 bits per heavy atom. The molecule has 1 aromatic carbocycles. The number of benzene rings is 1. The summed E-state index contributed by atoms with van der Waals surface area (Å²) in [5.41, 5.74) is 6.61. The summed E-state index contributed by atoms with van der Waals surface area (Å²) in [6.45, 7) is 3.63. The van der Waals surface area contributed by atoms with Crippen molar-refractivity contribution in [2.24, 2.45) is 0 Å². The zero-order valence-electron chi connectivity index (χ0n) is 10.7. The fraction of sp³-hybridized carbons (Fsp3) is 0.308. The van der Waals surface area contributed by atoms with E-state index >= 15 is 0 Å². The molecule has 0 heterocycles. The lowest BCUT2D eigenvalue weighted by molar-refractivity contribution is -0.138. The first-order valence-electron chi connectivity index (χ1n) is 5.51. The van der Waals surface area contributed by atoms with Crippen molar-refractivity contribution >= 4 is 17.7 Å². The molecule has 0 atom stereocenters. The van der Waals surface area contributed by atoms with Gasteiger partial charge in [-0.25, -0.2) is 4.79 Å². The van der Waals surface area contributed by atoms with E-state index in [2.05, 4.69) is 0 Å². The number of hydrogen-bond donors (Lipinski definition) is 2. The van der Waals surface area contributed by atoms with Gasteiger partial charge in [0.25, 0.3) is 0 Å². The van der Waals surface area contributed by atoms with Crippen molar-refractivity contribution in [1.82, 2.24) is 0 Å². The molecule has 0 saturated heterocycles. The summed E-state index contributed by atoms with van der Waals surface area (Å²) < 4.78 is 9.89. The van der Waals surface area contributed by atoms with Crippen LogP contribution in [0.5, 0.6) is 11.5 Å². The Morgan fingerprint density at radius 2 is 2.17 bits per heavy atom. The number of phenols is 1. The molecule has 3 N–H and O–H groups in total. The summed E-state index contributed by atoms with van der Waals surface area (Å²) in [5.74, 6) is -0.00838. The van der Waals surface area contributed by atoms with E-state index < -0.39 is 5.97 Å². The molecule has 0 saturated carbocycles. The highest BCUT2D eigenvalue weighted by atomic mass is 16.5. The predicted molar refractivity (Wildman–Crippen MR) is 69.4 cm³/mol. The van der Waals surface area contributed by atoms with E-state index in [1.54, 1.807) is 19.9 Å². The average Bonchev–Trinajstić information content (AvgIpc) is 2.34. The van der Waals surface area contributed by atoms with Gasteiger partial charge in [-0.05, 0) is 26.0 Å². The van der Waals surface area contributed by atoms with Crippen molar-refractivity contribution in [3.63, 3.8) is 0 Å². The van der Waals surface area contributed by atoms with Crippen molar-refractivity contribution in [2.75, 3.05) is 19.5 Å². The summed E-state index contributed by atoms with van der Waals surface area (Å²) in [6.07, 6.45) is 1.51. The van der Waals surface area contributed by atoms with Crippen molar-refractivity contribution in [3.8, 4) is 11.5 Å². The molecule has 0 aliphatic carbocycles. The molecule has 0 aromatic heterocycles. The van der Waals surface area contributed by atoms with E-state index in [4.69, 9.17) is 15.2 Å². The highest BCUT2D eigenvalue weighted by Gasteiger charge is 2.10. The summed E-state index contributed by atoms with van der Waals surface area (Å²) in [4.78, 5) is 11.5. The van der Waals surface area contributed by atoms with E-state index in [0.717, 1.165) is 0 Å². The Hall–Kier alpha value is -2.17. The first-order chi connectivity index (χ1) is 8.49. The van der Waals surface area contributed by atoms with Gasteiger partial charge in [0.15, 0.2) is 0 Å². The van der Waals surface area contributed by atoms with Crippen molar-refractivity contribution in [2.45, 2.75) is 13.8 Å². The SMILES string of the molecule is CCOC(=O)C(C)=Cc1cc(OC)cc(N)c1O. The molecule has 18 heavy (non-hydrogen) atoms. The molecular weight excluding hydrogens is 234 g/mol. The van der Waals surface area contributed by atoms with Gasteiger partial charge in [0.05, 0.1) is 19.4 Å². The second-order valence-corrected chi connectivity index (χ2v) is 3.70. The molecule has 1 rings (SSSR count). The normalized spacial score (nSPS) is 11.2. The third kappa shape index (κ3) is 3.16. The molecule has 0 aliphatic heterocycles. The van der Waals surface area contributed by atoms with Gasteiger partial charge in [0, 0.05) is 17.2 Å². The van der Waals surface area contributed by atoms with E-state index in [-0.39, 0.29) is 11.4 Å². The molecule has 5 heteroatoms. The van der Waals surface area contributed by atoms with Gasteiger partial charge in [-0.1, -0.05) is 0 Å². The molecule has 0 bridgehead atoms. The largest absolute Gasteiger partial charge is 0.505 e. The Morgan fingerprint density at radius 3 is 2.72 bits per heavy atom. The van der Waals surface area contributed by atoms with Crippen LogP contribution in [0.4, 0.5) is 5.69 Å². The summed E-state index contributed by atoms with van der Waals surface area (Å²) in [7, 11) is 1.50. The second kappa shape index (κ2) is 5.95. The Kier molecular flexibility index (Phi) is 4.59. The standard InChI is InChI=1S/C13H17NO4/c1-4-18-13(16)8(2)5-9-6-10(17-3)7-11(14)12(9)15/h5-7,15H,4,14H2,1-3H3. The average molecular weight is 251 g/mol. The van der Waals surface area contributed by atoms with Crippen LogP contribution in [-0.4, -0.2) is 24.8 Å². The maximum Gasteiger partial charge on any atom is 0.333 e. The smallest absolute Gasteiger partial charge is 0.333 e. The van der Waals surface area contributed by atoms with Crippen LogP contribution in [-0.2, 0) is 9.53 Å². The van der Waals surface area contributed by atoms with Gasteiger partial charge in [0.1, 0.15) is 11.5 Å². The van der Waals surface area contributed by atoms with Crippen LogP contribution in [0, 0.1) is 0 Å². The van der Waals surface area contributed by atoms with Gasteiger partial charge in [-0.2, -0.15) is 0 Å². The van der Waals surface area contributed by atoms with E-state index in [9.17, 15) is 9.90 Å². The van der Waals surface area contributed by atoms with Crippen LogP contribution in [0.25, 0.3) is 6.08 Å². The van der Waals surface area contributed by atoms with Gasteiger partial charge >= 0.3 is 5.97 Å². The molecule has 98 valence electrons. The molecule has 1 aromatic rings. The monoisotopic (exact) mass is 251 g/mol. The summed E-state index contributed by atoms with van der Waals surface area (Å²) in [5, 5.41) is 9.80. The number of nitrogens with two attached hydrogens (primary N) is 1. The Balaban J connectivity index is 3.13. The lowest BCUT2D eigenvalue weighted by Crippen LogP contribution is -2.04. The number of anilines is 1. The third-order valence-electron chi connectivity index (χ3n) is 2.35. The number of nitrogen functional groups attached to an aromatic ring is 1. The lowest BCUT2D eigenvalue weighted by atomic mass is 10.1.